The Morgan fingerprint density at radius 1 is 1.38 bits per heavy atom. The first-order chi connectivity index (χ1) is 10.3. The van der Waals surface area contributed by atoms with Crippen molar-refractivity contribution >= 4 is 17.3 Å². The van der Waals surface area contributed by atoms with Crippen LogP contribution in [0.3, 0.4) is 0 Å². The van der Waals surface area contributed by atoms with Crippen molar-refractivity contribution in [2.75, 3.05) is 19.0 Å². The highest BCUT2D eigenvalue weighted by Gasteiger charge is 2.37. The molecule has 1 aromatic carbocycles. The Hall–Kier alpha value is -2.30. The molecule has 0 bridgehead atoms. The van der Waals surface area contributed by atoms with E-state index in [2.05, 4.69) is 28.0 Å². The lowest BCUT2D eigenvalue weighted by Gasteiger charge is -2.31. The summed E-state index contributed by atoms with van der Waals surface area (Å²) in [6.07, 6.45) is 6.48. The fourth-order valence-corrected chi connectivity index (χ4v) is 2.73. The van der Waals surface area contributed by atoms with E-state index in [1.54, 1.807) is 7.11 Å². The van der Waals surface area contributed by atoms with E-state index in [1.165, 1.54) is 0 Å². The van der Waals surface area contributed by atoms with Gasteiger partial charge in [-0.05, 0) is 43.0 Å². The van der Waals surface area contributed by atoms with Crippen LogP contribution in [-0.4, -0.2) is 25.3 Å². The molecule has 5 heteroatoms. The number of benzene rings is 1. The molecule has 1 fully saturated rings. The summed E-state index contributed by atoms with van der Waals surface area (Å²) in [5.41, 5.74) is 4.61. The summed E-state index contributed by atoms with van der Waals surface area (Å²) in [5, 5.41) is 7.28. The number of fused-ring (bicyclic) bond motifs is 1. The number of allylic oxidation sites excluding steroid dienone is 2. The average Bonchev–Trinajstić information content (AvgIpc) is 2.87. The quantitative estimate of drug-likeness (QED) is 0.644. The van der Waals surface area contributed by atoms with Gasteiger partial charge in [0.05, 0.1) is 13.7 Å². The van der Waals surface area contributed by atoms with Gasteiger partial charge >= 0.3 is 0 Å². The average molecular weight is 285 g/mol. The van der Waals surface area contributed by atoms with E-state index < -0.39 is 0 Å². The molecule has 3 rings (SSSR count). The summed E-state index contributed by atoms with van der Waals surface area (Å²) in [7, 11) is 1.62. The second-order valence-electron chi connectivity index (χ2n) is 5.36. The van der Waals surface area contributed by atoms with Crippen LogP contribution in [0.2, 0.25) is 0 Å². The molecule has 0 aromatic heterocycles. The van der Waals surface area contributed by atoms with Crippen LogP contribution in [0.25, 0.3) is 0 Å². The van der Waals surface area contributed by atoms with Crippen LogP contribution in [-0.2, 0) is 4.79 Å². The molecule has 0 aliphatic heterocycles. The Morgan fingerprint density at radius 3 is 2.90 bits per heavy atom. The van der Waals surface area contributed by atoms with Gasteiger partial charge in [0.2, 0.25) is 0 Å². The Kier molecular flexibility index (Phi) is 3.90. The minimum Gasteiger partial charge on any atom is -0.497 e. The number of carbonyl (C=O) groups is 1. The van der Waals surface area contributed by atoms with E-state index >= 15 is 0 Å². The van der Waals surface area contributed by atoms with Crippen molar-refractivity contribution in [1.29, 1.82) is 0 Å². The first-order valence-electron chi connectivity index (χ1n) is 7.16. The van der Waals surface area contributed by atoms with Gasteiger partial charge in [0.25, 0.3) is 5.91 Å². The third-order valence-electron chi connectivity index (χ3n) is 4.03. The number of ether oxygens (including phenoxy) is 1. The summed E-state index contributed by atoms with van der Waals surface area (Å²) >= 11 is 0. The van der Waals surface area contributed by atoms with Gasteiger partial charge < -0.3 is 10.1 Å². The molecule has 0 unspecified atom stereocenters. The monoisotopic (exact) mass is 285 g/mol. The van der Waals surface area contributed by atoms with Crippen molar-refractivity contribution in [3.63, 3.8) is 0 Å². The third-order valence-corrected chi connectivity index (χ3v) is 4.03. The second kappa shape index (κ2) is 5.99. The Bertz CT molecular complexity index is 578. The number of anilines is 1. The van der Waals surface area contributed by atoms with Crippen molar-refractivity contribution in [3.8, 4) is 5.75 Å². The van der Waals surface area contributed by atoms with Crippen LogP contribution < -0.4 is 15.5 Å². The van der Waals surface area contributed by atoms with Crippen LogP contribution in [0, 0.1) is 11.8 Å². The summed E-state index contributed by atoms with van der Waals surface area (Å²) in [6.45, 7) is 0.204. The van der Waals surface area contributed by atoms with Gasteiger partial charge in [0.15, 0.2) is 0 Å². The maximum Gasteiger partial charge on any atom is 0.259 e. The number of nitrogens with zero attached hydrogens (tertiary/aromatic N) is 1. The first-order valence-corrected chi connectivity index (χ1v) is 7.16. The molecule has 1 amide bonds. The number of nitrogens with one attached hydrogen (secondary N) is 2. The van der Waals surface area contributed by atoms with Crippen molar-refractivity contribution in [2.45, 2.75) is 12.8 Å². The molecule has 2 aliphatic carbocycles. The molecule has 1 aromatic rings. The van der Waals surface area contributed by atoms with Crippen molar-refractivity contribution in [3.05, 3.63) is 36.4 Å². The summed E-state index contributed by atoms with van der Waals surface area (Å²) < 4.78 is 5.08. The van der Waals surface area contributed by atoms with Crippen molar-refractivity contribution in [2.24, 2.45) is 16.9 Å². The standard InChI is InChI=1S/C16H19N3O2/c1-21-13-7-5-12(6-8-13)17-10-16(20)19-18-15-9-11-3-2-4-14(11)15/h2-3,5-8,11,14,17H,4,9-10H2,1H3,(H,19,20)/b18-15-/t11-,14-/m1/s1. The van der Waals surface area contributed by atoms with E-state index in [0.717, 1.165) is 30.0 Å². The van der Waals surface area contributed by atoms with E-state index in [4.69, 9.17) is 4.74 Å². The lowest BCUT2D eigenvalue weighted by Crippen LogP contribution is -2.36. The van der Waals surface area contributed by atoms with Crippen LogP contribution in [0.5, 0.6) is 5.75 Å². The van der Waals surface area contributed by atoms with Gasteiger partial charge in [-0.15, -0.1) is 0 Å². The second-order valence-corrected chi connectivity index (χ2v) is 5.36. The predicted octanol–water partition coefficient (Wildman–Crippen LogP) is 2.18. The molecule has 0 heterocycles. The smallest absolute Gasteiger partial charge is 0.259 e. The highest BCUT2D eigenvalue weighted by molar-refractivity contribution is 5.95. The summed E-state index contributed by atoms with van der Waals surface area (Å²) in [6, 6.07) is 7.45. The zero-order valence-electron chi connectivity index (χ0n) is 12.0. The zero-order chi connectivity index (χ0) is 14.7. The summed E-state index contributed by atoms with van der Waals surface area (Å²) in [4.78, 5) is 11.8. The van der Waals surface area contributed by atoms with Gasteiger partial charge in [-0.1, -0.05) is 12.2 Å². The lowest BCUT2D eigenvalue weighted by molar-refractivity contribution is -0.119. The van der Waals surface area contributed by atoms with Gasteiger partial charge in [0.1, 0.15) is 5.75 Å². The minimum absolute atomic E-state index is 0.132. The Balaban J connectivity index is 1.43. The molecule has 2 N–H and O–H groups in total. The minimum atomic E-state index is -0.132. The summed E-state index contributed by atoms with van der Waals surface area (Å²) in [5.74, 6) is 1.84. The predicted molar refractivity (Wildman–Crippen MR) is 82.4 cm³/mol. The molecule has 1 saturated carbocycles. The molecule has 0 spiro atoms. The molecule has 0 saturated heterocycles. The number of methoxy groups -OCH3 is 1. The molecule has 21 heavy (non-hydrogen) atoms. The molecular formula is C16H19N3O2. The van der Waals surface area contributed by atoms with E-state index in [1.807, 2.05) is 24.3 Å². The van der Waals surface area contributed by atoms with E-state index in [9.17, 15) is 4.79 Å². The van der Waals surface area contributed by atoms with Gasteiger partial charge in [-0.2, -0.15) is 5.10 Å². The Labute approximate surface area is 124 Å². The van der Waals surface area contributed by atoms with Crippen LogP contribution >= 0.6 is 0 Å². The maximum absolute atomic E-state index is 11.8. The fraction of sp³-hybridized carbons (Fsp3) is 0.375. The molecule has 2 aliphatic rings. The maximum atomic E-state index is 11.8. The molecule has 110 valence electrons. The van der Waals surface area contributed by atoms with Crippen LogP contribution in [0.15, 0.2) is 41.5 Å². The van der Waals surface area contributed by atoms with Gasteiger partial charge in [0, 0.05) is 17.3 Å². The lowest BCUT2D eigenvalue weighted by atomic mass is 9.74. The number of rotatable bonds is 5. The van der Waals surface area contributed by atoms with Crippen LogP contribution in [0.1, 0.15) is 12.8 Å². The van der Waals surface area contributed by atoms with Crippen molar-refractivity contribution < 1.29 is 9.53 Å². The highest BCUT2D eigenvalue weighted by atomic mass is 16.5. The molecule has 5 nitrogen and oxygen atoms in total. The zero-order valence-corrected chi connectivity index (χ0v) is 12.0. The van der Waals surface area contributed by atoms with Gasteiger partial charge in [-0.25, -0.2) is 5.43 Å². The van der Waals surface area contributed by atoms with Crippen molar-refractivity contribution in [1.82, 2.24) is 5.43 Å². The number of amides is 1. The molecule has 2 atom stereocenters. The van der Waals surface area contributed by atoms with Crippen LogP contribution in [0.4, 0.5) is 5.69 Å². The van der Waals surface area contributed by atoms with E-state index in [0.29, 0.717) is 11.8 Å². The number of hydrazone groups is 1. The largest absolute Gasteiger partial charge is 0.497 e. The van der Waals surface area contributed by atoms with Gasteiger partial charge in [-0.3, -0.25) is 4.79 Å². The number of carbonyl (C=O) groups excluding carboxylic acids is 1. The molecule has 0 radical (unpaired) electrons. The van der Waals surface area contributed by atoms with E-state index in [-0.39, 0.29) is 12.5 Å². The molecular weight excluding hydrogens is 266 g/mol. The number of hydrogen-bond acceptors (Lipinski definition) is 4. The third kappa shape index (κ3) is 3.07. The number of hydrogen-bond donors (Lipinski definition) is 2. The topological polar surface area (TPSA) is 62.7 Å². The fourth-order valence-electron chi connectivity index (χ4n) is 2.73. The SMILES string of the molecule is COc1ccc(NCC(=O)N/N=C2/C[C@H]3C=CC[C@@H]23)cc1. The normalized spacial score (nSPS) is 24.3. The first kappa shape index (κ1) is 13.7. The Morgan fingerprint density at radius 2 is 2.19 bits per heavy atom. The highest BCUT2D eigenvalue weighted by Crippen LogP contribution is 2.39.